The van der Waals surface area contributed by atoms with Crippen molar-refractivity contribution in [3.63, 3.8) is 0 Å². The van der Waals surface area contributed by atoms with Gasteiger partial charge in [0.1, 0.15) is 5.52 Å². The normalized spacial score (nSPS) is 16.1. The monoisotopic (exact) mass is 315 g/mol. The summed E-state index contributed by atoms with van der Waals surface area (Å²) in [5.74, 6) is -0.0736. The second-order valence-corrected chi connectivity index (χ2v) is 6.47. The van der Waals surface area contributed by atoms with Crippen molar-refractivity contribution in [2.45, 2.75) is 39.2 Å². The molecule has 1 amide bonds. The van der Waals surface area contributed by atoms with Crippen LogP contribution < -0.4 is 5.32 Å². The summed E-state index contributed by atoms with van der Waals surface area (Å²) < 4.78 is 2.01. The first-order chi connectivity index (χ1) is 11.1. The highest BCUT2D eigenvalue weighted by atomic mass is 16.1. The third-order valence-corrected chi connectivity index (χ3v) is 4.39. The van der Waals surface area contributed by atoms with Crippen LogP contribution in [-0.4, -0.2) is 51.5 Å². The fourth-order valence-corrected chi connectivity index (χ4v) is 3.03. The summed E-state index contributed by atoms with van der Waals surface area (Å²) in [6.45, 7) is 8.07. The van der Waals surface area contributed by atoms with Crippen LogP contribution in [0.15, 0.2) is 18.6 Å². The second kappa shape index (κ2) is 7.08. The molecule has 1 aliphatic heterocycles. The van der Waals surface area contributed by atoms with Crippen molar-refractivity contribution in [2.75, 3.05) is 26.2 Å². The zero-order valence-corrected chi connectivity index (χ0v) is 14.0. The molecule has 1 fully saturated rings. The van der Waals surface area contributed by atoms with Gasteiger partial charge in [0.25, 0.3) is 5.91 Å². The summed E-state index contributed by atoms with van der Waals surface area (Å²) >= 11 is 0. The molecule has 2 aromatic rings. The summed E-state index contributed by atoms with van der Waals surface area (Å²) in [6.07, 6.45) is 7.29. The third kappa shape index (κ3) is 3.69. The summed E-state index contributed by atoms with van der Waals surface area (Å²) in [4.78, 5) is 23.4. The minimum Gasteiger partial charge on any atom is -0.351 e. The third-order valence-electron chi connectivity index (χ3n) is 4.39. The number of imidazole rings is 1. The van der Waals surface area contributed by atoms with Gasteiger partial charge in [0.2, 0.25) is 0 Å². The van der Waals surface area contributed by atoms with E-state index in [1.165, 1.54) is 19.3 Å². The van der Waals surface area contributed by atoms with E-state index >= 15 is 0 Å². The number of hydrogen-bond donors (Lipinski definition) is 1. The Morgan fingerprint density at radius 2 is 2.04 bits per heavy atom. The predicted octanol–water partition coefficient (Wildman–Crippen LogP) is 2.23. The molecule has 3 heterocycles. The number of fused-ring (bicyclic) bond motifs is 1. The van der Waals surface area contributed by atoms with Crippen LogP contribution in [0.5, 0.6) is 0 Å². The molecule has 6 nitrogen and oxygen atoms in total. The van der Waals surface area contributed by atoms with Crippen LogP contribution in [0.1, 0.15) is 49.5 Å². The highest BCUT2D eigenvalue weighted by Gasteiger charge is 2.13. The van der Waals surface area contributed by atoms with E-state index in [1.54, 1.807) is 12.5 Å². The molecule has 0 aliphatic carbocycles. The van der Waals surface area contributed by atoms with E-state index in [9.17, 15) is 4.79 Å². The standard InChI is InChI=1S/C17H25N5O/c1-13(2)22-12-20-15-10-14(11-19-16(15)22)17(23)18-6-9-21-7-4-3-5-8-21/h10-13H,3-9H2,1-2H3,(H,18,23). The Bertz CT molecular complexity index is 673. The Kier molecular flexibility index (Phi) is 4.91. The smallest absolute Gasteiger partial charge is 0.252 e. The number of piperidine rings is 1. The molecule has 1 N–H and O–H groups in total. The SMILES string of the molecule is CC(C)n1cnc2cc(C(=O)NCCN3CCCCC3)cnc21. The van der Waals surface area contributed by atoms with Gasteiger partial charge in [-0.1, -0.05) is 6.42 Å². The Balaban J connectivity index is 1.59. The lowest BCUT2D eigenvalue weighted by atomic mass is 10.1. The Morgan fingerprint density at radius 1 is 1.26 bits per heavy atom. The Labute approximate surface area is 136 Å². The van der Waals surface area contributed by atoms with Crippen molar-refractivity contribution in [1.29, 1.82) is 0 Å². The van der Waals surface area contributed by atoms with Gasteiger partial charge in [-0.15, -0.1) is 0 Å². The van der Waals surface area contributed by atoms with Crippen molar-refractivity contribution in [1.82, 2.24) is 24.8 Å². The molecule has 0 unspecified atom stereocenters. The zero-order chi connectivity index (χ0) is 16.2. The van der Waals surface area contributed by atoms with Gasteiger partial charge in [-0.05, 0) is 45.8 Å². The molecule has 2 aromatic heterocycles. The molecule has 124 valence electrons. The summed E-state index contributed by atoms with van der Waals surface area (Å²) in [5, 5.41) is 2.99. The number of carbonyl (C=O) groups excluding carboxylic acids is 1. The highest BCUT2D eigenvalue weighted by Crippen LogP contribution is 2.16. The van der Waals surface area contributed by atoms with Crippen LogP contribution in [0.4, 0.5) is 0 Å². The Hall–Kier alpha value is -1.95. The molecular weight excluding hydrogens is 290 g/mol. The van der Waals surface area contributed by atoms with Crippen molar-refractivity contribution < 1.29 is 4.79 Å². The van der Waals surface area contributed by atoms with E-state index in [-0.39, 0.29) is 5.91 Å². The number of amides is 1. The molecule has 0 spiro atoms. The summed E-state index contributed by atoms with van der Waals surface area (Å²) in [5.41, 5.74) is 2.16. The summed E-state index contributed by atoms with van der Waals surface area (Å²) in [6, 6.07) is 2.12. The maximum absolute atomic E-state index is 12.3. The van der Waals surface area contributed by atoms with Gasteiger partial charge in [0.05, 0.1) is 11.9 Å². The maximum atomic E-state index is 12.3. The molecule has 0 bridgehead atoms. The largest absolute Gasteiger partial charge is 0.351 e. The summed E-state index contributed by atoms with van der Waals surface area (Å²) in [7, 11) is 0. The quantitative estimate of drug-likeness (QED) is 0.919. The Morgan fingerprint density at radius 3 is 2.78 bits per heavy atom. The molecule has 3 rings (SSSR count). The van der Waals surface area contributed by atoms with Crippen LogP contribution >= 0.6 is 0 Å². The number of nitrogens with zero attached hydrogens (tertiary/aromatic N) is 4. The molecule has 23 heavy (non-hydrogen) atoms. The molecule has 0 aromatic carbocycles. The number of pyridine rings is 1. The van der Waals surface area contributed by atoms with E-state index in [1.807, 2.05) is 10.6 Å². The van der Waals surface area contributed by atoms with E-state index < -0.39 is 0 Å². The number of aromatic nitrogens is 3. The molecular formula is C17H25N5O. The van der Waals surface area contributed by atoms with Gasteiger partial charge in [0.15, 0.2) is 5.65 Å². The fourth-order valence-electron chi connectivity index (χ4n) is 3.03. The van der Waals surface area contributed by atoms with Gasteiger partial charge in [-0.25, -0.2) is 9.97 Å². The average molecular weight is 315 g/mol. The van der Waals surface area contributed by atoms with E-state index in [0.717, 1.165) is 30.8 Å². The molecule has 0 saturated carbocycles. The maximum Gasteiger partial charge on any atom is 0.252 e. The highest BCUT2D eigenvalue weighted by molar-refractivity contribution is 5.96. The molecule has 6 heteroatoms. The van der Waals surface area contributed by atoms with Gasteiger partial charge >= 0.3 is 0 Å². The van der Waals surface area contributed by atoms with Crippen molar-refractivity contribution >= 4 is 17.1 Å². The molecule has 0 atom stereocenters. The van der Waals surface area contributed by atoms with Crippen molar-refractivity contribution in [3.8, 4) is 0 Å². The molecule has 1 aliphatic rings. The lowest BCUT2D eigenvalue weighted by Gasteiger charge is -2.26. The lowest BCUT2D eigenvalue weighted by molar-refractivity contribution is 0.0946. The lowest BCUT2D eigenvalue weighted by Crippen LogP contribution is -2.37. The van der Waals surface area contributed by atoms with Crippen LogP contribution in [0.3, 0.4) is 0 Å². The van der Waals surface area contributed by atoms with Crippen molar-refractivity contribution in [3.05, 3.63) is 24.2 Å². The number of likely N-dealkylation sites (tertiary alicyclic amines) is 1. The molecule has 0 radical (unpaired) electrons. The van der Waals surface area contributed by atoms with Gasteiger partial charge in [-0.3, -0.25) is 4.79 Å². The van der Waals surface area contributed by atoms with E-state index in [0.29, 0.717) is 18.2 Å². The second-order valence-electron chi connectivity index (χ2n) is 6.47. The van der Waals surface area contributed by atoms with E-state index in [2.05, 4.69) is 34.0 Å². The zero-order valence-electron chi connectivity index (χ0n) is 14.0. The molecule has 1 saturated heterocycles. The fraction of sp³-hybridized carbons (Fsp3) is 0.588. The number of nitrogens with one attached hydrogen (secondary N) is 1. The van der Waals surface area contributed by atoms with E-state index in [4.69, 9.17) is 0 Å². The average Bonchev–Trinajstić information content (AvgIpc) is 2.99. The van der Waals surface area contributed by atoms with Gasteiger partial charge in [0, 0.05) is 25.3 Å². The first-order valence-corrected chi connectivity index (χ1v) is 8.48. The minimum atomic E-state index is -0.0736. The number of rotatable bonds is 5. The van der Waals surface area contributed by atoms with Crippen molar-refractivity contribution in [2.24, 2.45) is 0 Å². The van der Waals surface area contributed by atoms with Crippen LogP contribution in [0.25, 0.3) is 11.2 Å². The van der Waals surface area contributed by atoms with Gasteiger partial charge < -0.3 is 14.8 Å². The number of hydrogen-bond acceptors (Lipinski definition) is 4. The van der Waals surface area contributed by atoms with Crippen LogP contribution in [0, 0.1) is 0 Å². The first kappa shape index (κ1) is 15.9. The van der Waals surface area contributed by atoms with Crippen LogP contribution in [-0.2, 0) is 0 Å². The topological polar surface area (TPSA) is 63.1 Å². The minimum absolute atomic E-state index is 0.0736. The van der Waals surface area contributed by atoms with Gasteiger partial charge in [-0.2, -0.15) is 0 Å². The van der Waals surface area contributed by atoms with Crippen LogP contribution in [0.2, 0.25) is 0 Å². The predicted molar refractivity (Wildman–Crippen MR) is 90.5 cm³/mol. The number of carbonyl (C=O) groups is 1. The first-order valence-electron chi connectivity index (χ1n) is 8.48.